The summed E-state index contributed by atoms with van der Waals surface area (Å²) in [6.07, 6.45) is 7.43. The summed E-state index contributed by atoms with van der Waals surface area (Å²) in [5.41, 5.74) is 1.17. The summed E-state index contributed by atoms with van der Waals surface area (Å²) in [5.74, 6) is 1.02. The van der Waals surface area contributed by atoms with Crippen molar-refractivity contribution in [1.82, 2.24) is 4.98 Å². The standard InChI is InChI=1S/C16H24N2S2/c1-16(2,3)15-13(9-10-17)20-14(18-15)11-19-12-7-5-4-6-8-12/h12H,4-9,11H2,1-3H3. The molecule has 1 saturated carbocycles. The molecule has 0 atom stereocenters. The molecular weight excluding hydrogens is 284 g/mol. The zero-order valence-electron chi connectivity index (χ0n) is 12.7. The molecule has 1 fully saturated rings. The molecule has 1 aliphatic rings. The Balaban J connectivity index is 2.03. The van der Waals surface area contributed by atoms with Gasteiger partial charge in [0, 0.05) is 21.3 Å². The molecule has 1 aliphatic carbocycles. The maximum absolute atomic E-state index is 8.98. The first-order valence-electron chi connectivity index (χ1n) is 7.48. The fraction of sp³-hybridized carbons (Fsp3) is 0.750. The Hall–Kier alpha value is -0.530. The van der Waals surface area contributed by atoms with Gasteiger partial charge in [-0.05, 0) is 12.8 Å². The third kappa shape index (κ3) is 4.23. The summed E-state index contributed by atoms with van der Waals surface area (Å²) >= 11 is 3.81. The van der Waals surface area contributed by atoms with E-state index in [0.717, 1.165) is 16.7 Å². The van der Waals surface area contributed by atoms with E-state index in [-0.39, 0.29) is 5.41 Å². The third-order valence-electron chi connectivity index (χ3n) is 3.69. The second-order valence-corrected chi connectivity index (χ2v) is 8.99. The minimum atomic E-state index is 0.0381. The number of hydrogen-bond acceptors (Lipinski definition) is 4. The van der Waals surface area contributed by atoms with Gasteiger partial charge in [-0.1, -0.05) is 40.0 Å². The van der Waals surface area contributed by atoms with Crippen LogP contribution < -0.4 is 0 Å². The first kappa shape index (κ1) is 15.9. The van der Waals surface area contributed by atoms with Crippen LogP contribution in [0, 0.1) is 11.3 Å². The van der Waals surface area contributed by atoms with Crippen molar-refractivity contribution in [3.8, 4) is 6.07 Å². The summed E-state index contributed by atoms with van der Waals surface area (Å²) in [6.45, 7) is 6.54. The molecule has 0 unspecified atom stereocenters. The van der Waals surface area contributed by atoms with E-state index >= 15 is 0 Å². The Morgan fingerprint density at radius 3 is 2.60 bits per heavy atom. The van der Waals surface area contributed by atoms with Crippen molar-refractivity contribution in [3.63, 3.8) is 0 Å². The molecule has 110 valence electrons. The Kier molecular flexibility index (Phi) is 5.51. The first-order chi connectivity index (χ1) is 9.50. The fourth-order valence-electron chi connectivity index (χ4n) is 2.66. The predicted molar refractivity (Wildman–Crippen MR) is 88.3 cm³/mol. The lowest BCUT2D eigenvalue weighted by molar-refractivity contribution is 0.516. The summed E-state index contributed by atoms with van der Waals surface area (Å²) in [6, 6.07) is 2.28. The molecule has 0 spiro atoms. The summed E-state index contributed by atoms with van der Waals surface area (Å²) < 4.78 is 0. The molecular formula is C16H24N2S2. The molecule has 2 rings (SSSR count). The van der Waals surface area contributed by atoms with Crippen LogP contribution in [0.2, 0.25) is 0 Å². The highest BCUT2D eigenvalue weighted by atomic mass is 32.2. The topological polar surface area (TPSA) is 36.7 Å². The minimum absolute atomic E-state index is 0.0381. The van der Waals surface area contributed by atoms with Crippen molar-refractivity contribution in [1.29, 1.82) is 5.26 Å². The number of nitriles is 1. The van der Waals surface area contributed by atoms with Gasteiger partial charge in [0.15, 0.2) is 0 Å². The monoisotopic (exact) mass is 308 g/mol. The van der Waals surface area contributed by atoms with Gasteiger partial charge >= 0.3 is 0 Å². The zero-order chi connectivity index (χ0) is 14.6. The maximum atomic E-state index is 8.98. The molecule has 1 heterocycles. The van der Waals surface area contributed by atoms with Crippen molar-refractivity contribution in [2.75, 3.05) is 0 Å². The molecule has 0 bridgehead atoms. The van der Waals surface area contributed by atoms with Crippen molar-refractivity contribution in [2.45, 2.75) is 75.7 Å². The van der Waals surface area contributed by atoms with Crippen LogP contribution in [0.15, 0.2) is 0 Å². The molecule has 0 amide bonds. The van der Waals surface area contributed by atoms with Crippen LogP contribution in [0.1, 0.15) is 68.5 Å². The first-order valence-corrected chi connectivity index (χ1v) is 9.35. The third-order valence-corrected chi connectivity index (χ3v) is 6.31. The number of nitrogens with zero attached hydrogens (tertiary/aromatic N) is 2. The summed E-state index contributed by atoms with van der Waals surface area (Å²) in [7, 11) is 0. The van der Waals surface area contributed by atoms with Gasteiger partial charge in [0.25, 0.3) is 0 Å². The summed E-state index contributed by atoms with van der Waals surface area (Å²) in [5, 5.41) is 11.0. The number of rotatable bonds is 4. The number of aromatic nitrogens is 1. The maximum Gasteiger partial charge on any atom is 0.103 e. The Morgan fingerprint density at radius 2 is 2.00 bits per heavy atom. The van der Waals surface area contributed by atoms with Gasteiger partial charge in [-0.2, -0.15) is 17.0 Å². The van der Waals surface area contributed by atoms with Gasteiger partial charge < -0.3 is 0 Å². The Bertz CT molecular complexity index is 474. The normalized spacial score (nSPS) is 17.1. The predicted octanol–water partition coefficient (Wildman–Crippen LogP) is 5.07. The average Bonchev–Trinajstić information content (AvgIpc) is 2.81. The van der Waals surface area contributed by atoms with E-state index in [4.69, 9.17) is 10.2 Å². The molecule has 0 N–H and O–H groups in total. The van der Waals surface area contributed by atoms with Crippen LogP contribution >= 0.6 is 23.1 Å². The van der Waals surface area contributed by atoms with Gasteiger partial charge in [-0.3, -0.25) is 0 Å². The number of thioether (sulfide) groups is 1. The number of hydrogen-bond donors (Lipinski definition) is 0. The number of thiazole rings is 1. The highest BCUT2D eigenvalue weighted by molar-refractivity contribution is 7.99. The van der Waals surface area contributed by atoms with Crippen molar-refractivity contribution in [3.05, 3.63) is 15.6 Å². The van der Waals surface area contributed by atoms with E-state index in [1.165, 1.54) is 42.0 Å². The molecule has 1 aromatic rings. The molecule has 0 aromatic carbocycles. The second-order valence-electron chi connectivity index (χ2n) is 6.54. The van der Waals surface area contributed by atoms with E-state index in [2.05, 4.69) is 38.6 Å². The van der Waals surface area contributed by atoms with Gasteiger partial charge in [0.1, 0.15) is 5.01 Å². The second kappa shape index (κ2) is 6.95. The molecule has 2 nitrogen and oxygen atoms in total. The molecule has 20 heavy (non-hydrogen) atoms. The lowest BCUT2D eigenvalue weighted by atomic mass is 9.91. The minimum Gasteiger partial charge on any atom is -0.244 e. The van der Waals surface area contributed by atoms with Crippen LogP contribution in [0.4, 0.5) is 0 Å². The van der Waals surface area contributed by atoms with Crippen LogP contribution in [-0.2, 0) is 17.6 Å². The van der Waals surface area contributed by atoms with Crippen LogP contribution in [-0.4, -0.2) is 10.2 Å². The highest BCUT2D eigenvalue weighted by Crippen LogP contribution is 2.34. The fourth-order valence-corrected chi connectivity index (χ4v) is 5.22. The molecule has 0 radical (unpaired) electrons. The largest absolute Gasteiger partial charge is 0.244 e. The van der Waals surface area contributed by atoms with Gasteiger partial charge in [0.05, 0.1) is 18.2 Å². The van der Waals surface area contributed by atoms with Gasteiger partial charge in [-0.15, -0.1) is 11.3 Å². The molecule has 1 aromatic heterocycles. The molecule has 0 saturated heterocycles. The van der Waals surface area contributed by atoms with E-state index < -0.39 is 0 Å². The van der Waals surface area contributed by atoms with Crippen molar-refractivity contribution >= 4 is 23.1 Å². The van der Waals surface area contributed by atoms with Crippen LogP contribution in [0.5, 0.6) is 0 Å². The van der Waals surface area contributed by atoms with Crippen molar-refractivity contribution < 1.29 is 0 Å². The lowest BCUT2D eigenvalue weighted by Gasteiger charge is -2.20. The van der Waals surface area contributed by atoms with E-state index in [1.807, 2.05) is 0 Å². The summed E-state index contributed by atoms with van der Waals surface area (Å²) in [4.78, 5) is 6.00. The Morgan fingerprint density at radius 1 is 1.30 bits per heavy atom. The van der Waals surface area contributed by atoms with Crippen molar-refractivity contribution in [2.24, 2.45) is 0 Å². The smallest absolute Gasteiger partial charge is 0.103 e. The van der Waals surface area contributed by atoms with Crippen LogP contribution in [0.3, 0.4) is 0 Å². The SMILES string of the molecule is CC(C)(C)c1nc(CSC2CCCCC2)sc1CC#N. The van der Waals surface area contributed by atoms with Gasteiger partial charge in [-0.25, -0.2) is 4.98 Å². The average molecular weight is 309 g/mol. The van der Waals surface area contributed by atoms with E-state index in [1.54, 1.807) is 11.3 Å². The lowest BCUT2D eigenvalue weighted by Crippen LogP contribution is -2.14. The van der Waals surface area contributed by atoms with Gasteiger partial charge in [0.2, 0.25) is 0 Å². The van der Waals surface area contributed by atoms with E-state index in [0.29, 0.717) is 6.42 Å². The highest BCUT2D eigenvalue weighted by Gasteiger charge is 2.23. The molecule has 4 heteroatoms. The zero-order valence-corrected chi connectivity index (χ0v) is 14.4. The van der Waals surface area contributed by atoms with E-state index in [9.17, 15) is 0 Å². The Labute approximate surface area is 131 Å². The quantitative estimate of drug-likeness (QED) is 0.779. The van der Waals surface area contributed by atoms with Crippen LogP contribution in [0.25, 0.3) is 0 Å². The molecule has 0 aliphatic heterocycles.